The summed E-state index contributed by atoms with van der Waals surface area (Å²) in [4.78, 5) is 29.2. The van der Waals surface area contributed by atoms with Crippen molar-refractivity contribution in [3.63, 3.8) is 0 Å². The van der Waals surface area contributed by atoms with Crippen molar-refractivity contribution in [2.24, 2.45) is 0 Å². The zero-order valence-corrected chi connectivity index (χ0v) is 25.7. The Morgan fingerprint density at radius 1 is 0.878 bits per heavy atom. The van der Waals surface area contributed by atoms with E-state index in [9.17, 15) is 18.0 Å². The lowest BCUT2D eigenvalue weighted by Crippen LogP contribution is -2.52. The highest BCUT2D eigenvalue weighted by molar-refractivity contribution is 7.92. The zero-order valence-electron chi connectivity index (χ0n) is 24.9. The first-order valence-corrected chi connectivity index (χ1v) is 15.9. The standard InChI is InChI=1S/C33H43N3O4S/c1-6-9-21-34-33(38)30(8-3)35(23-27-14-12-13-26(5)22-27)32(37)24-36(31-16-11-10-15-28(31)7-2)41(39,40)29-19-17-25(4)18-20-29/h10-20,22,30H,6-9,21,23-24H2,1-5H3,(H,34,38). The lowest BCUT2D eigenvalue weighted by molar-refractivity contribution is -0.140. The normalized spacial score (nSPS) is 12.0. The summed E-state index contributed by atoms with van der Waals surface area (Å²) in [7, 11) is -4.10. The van der Waals surface area contributed by atoms with Crippen LogP contribution in [-0.2, 0) is 32.6 Å². The zero-order chi connectivity index (χ0) is 30.0. The minimum Gasteiger partial charge on any atom is -0.354 e. The van der Waals surface area contributed by atoms with Crippen LogP contribution in [0.4, 0.5) is 5.69 Å². The van der Waals surface area contributed by atoms with E-state index in [4.69, 9.17) is 0 Å². The average molecular weight is 578 g/mol. The van der Waals surface area contributed by atoms with E-state index < -0.39 is 28.5 Å². The van der Waals surface area contributed by atoms with Gasteiger partial charge in [0.2, 0.25) is 11.8 Å². The molecule has 0 aliphatic heterocycles. The predicted molar refractivity (Wildman–Crippen MR) is 165 cm³/mol. The molecule has 3 aromatic carbocycles. The Hall–Kier alpha value is -3.65. The second kappa shape index (κ2) is 14.8. The van der Waals surface area contributed by atoms with Crippen molar-refractivity contribution in [2.45, 2.75) is 77.8 Å². The number of hydrogen-bond donors (Lipinski definition) is 1. The number of sulfonamides is 1. The fourth-order valence-electron chi connectivity index (χ4n) is 4.84. The minimum absolute atomic E-state index is 0.108. The van der Waals surface area contributed by atoms with E-state index in [2.05, 4.69) is 5.32 Å². The van der Waals surface area contributed by atoms with Gasteiger partial charge in [-0.25, -0.2) is 8.42 Å². The number of carbonyl (C=O) groups excluding carboxylic acids is 2. The van der Waals surface area contributed by atoms with Gasteiger partial charge in [-0.1, -0.05) is 92.9 Å². The highest BCUT2D eigenvalue weighted by Gasteiger charge is 2.34. The van der Waals surface area contributed by atoms with Crippen molar-refractivity contribution in [3.8, 4) is 0 Å². The van der Waals surface area contributed by atoms with Gasteiger partial charge >= 0.3 is 0 Å². The maximum absolute atomic E-state index is 14.2. The molecule has 7 nitrogen and oxygen atoms in total. The Balaban J connectivity index is 2.07. The molecule has 8 heteroatoms. The van der Waals surface area contributed by atoms with Crippen LogP contribution in [0.25, 0.3) is 0 Å². The van der Waals surface area contributed by atoms with Crippen molar-refractivity contribution in [2.75, 3.05) is 17.4 Å². The highest BCUT2D eigenvalue weighted by Crippen LogP contribution is 2.28. The van der Waals surface area contributed by atoms with E-state index in [1.807, 2.05) is 71.0 Å². The number of benzene rings is 3. The van der Waals surface area contributed by atoms with Gasteiger partial charge in [-0.05, 0) is 62.4 Å². The first-order chi connectivity index (χ1) is 19.6. The van der Waals surface area contributed by atoms with Crippen LogP contribution in [0.1, 0.15) is 62.3 Å². The number of para-hydroxylation sites is 1. The summed E-state index contributed by atoms with van der Waals surface area (Å²) in [5, 5.41) is 2.97. The number of nitrogens with one attached hydrogen (secondary N) is 1. The van der Waals surface area contributed by atoms with Gasteiger partial charge in [0.1, 0.15) is 12.6 Å². The van der Waals surface area contributed by atoms with Crippen LogP contribution >= 0.6 is 0 Å². The number of aryl methyl sites for hydroxylation is 3. The molecule has 3 aromatic rings. The second-order valence-corrected chi connectivity index (χ2v) is 12.2. The number of rotatable bonds is 14. The molecule has 0 aliphatic carbocycles. The average Bonchev–Trinajstić information content (AvgIpc) is 2.96. The summed E-state index contributed by atoms with van der Waals surface area (Å²) in [6, 6.07) is 20.9. The van der Waals surface area contributed by atoms with Gasteiger partial charge in [-0.2, -0.15) is 0 Å². The van der Waals surface area contributed by atoms with Crippen LogP contribution in [-0.4, -0.2) is 44.3 Å². The molecule has 0 saturated carbocycles. The maximum atomic E-state index is 14.2. The molecule has 41 heavy (non-hydrogen) atoms. The van der Waals surface area contributed by atoms with Crippen molar-refractivity contribution in [3.05, 3.63) is 95.1 Å². The van der Waals surface area contributed by atoms with E-state index in [-0.39, 0.29) is 17.3 Å². The van der Waals surface area contributed by atoms with Gasteiger partial charge < -0.3 is 10.2 Å². The first kappa shape index (κ1) is 31.9. The SMILES string of the molecule is CCCCNC(=O)C(CC)N(Cc1cccc(C)c1)C(=O)CN(c1ccccc1CC)S(=O)(=O)c1ccc(C)cc1. The van der Waals surface area contributed by atoms with Crippen LogP contribution in [0.2, 0.25) is 0 Å². The highest BCUT2D eigenvalue weighted by atomic mass is 32.2. The number of carbonyl (C=O) groups is 2. The van der Waals surface area contributed by atoms with Crippen LogP contribution in [0.5, 0.6) is 0 Å². The van der Waals surface area contributed by atoms with Gasteiger partial charge in [0.15, 0.2) is 0 Å². The summed E-state index contributed by atoms with van der Waals surface area (Å²) >= 11 is 0. The van der Waals surface area contributed by atoms with E-state index in [1.165, 1.54) is 9.21 Å². The van der Waals surface area contributed by atoms with E-state index >= 15 is 0 Å². The fraction of sp³-hybridized carbons (Fsp3) is 0.394. The van der Waals surface area contributed by atoms with Crippen LogP contribution in [0, 0.1) is 13.8 Å². The second-order valence-electron chi connectivity index (χ2n) is 10.4. The summed E-state index contributed by atoms with van der Waals surface area (Å²) < 4.78 is 29.4. The fourth-order valence-corrected chi connectivity index (χ4v) is 6.29. The number of amides is 2. The Morgan fingerprint density at radius 3 is 2.22 bits per heavy atom. The molecule has 1 unspecified atom stereocenters. The third kappa shape index (κ3) is 8.19. The molecule has 0 radical (unpaired) electrons. The maximum Gasteiger partial charge on any atom is 0.264 e. The Morgan fingerprint density at radius 2 is 1.59 bits per heavy atom. The quantitative estimate of drug-likeness (QED) is 0.246. The van der Waals surface area contributed by atoms with E-state index in [1.54, 1.807) is 36.4 Å². The van der Waals surface area contributed by atoms with Crippen molar-refractivity contribution in [1.29, 1.82) is 0 Å². The first-order valence-electron chi connectivity index (χ1n) is 14.4. The molecule has 2 amide bonds. The molecule has 1 atom stereocenters. The van der Waals surface area contributed by atoms with Crippen molar-refractivity contribution < 1.29 is 18.0 Å². The summed E-state index contributed by atoms with van der Waals surface area (Å²) in [6.45, 7) is 10.0. The summed E-state index contributed by atoms with van der Waals surface area (Å²) in [6.07, 6.45) is 2.76. The van der Waals surface area contributed by atoms with E-state index in [0.717, 1.165) is 35.1 Å². The smallest absolute Gasteiger partial charge is 0.264 e. The van der Waals surface area contributed by atoms with Crippen LogP contribution in [0.15, 0.2) is 77.7 Å². The van der Waals surface area contributed by atoms with Crippen LogP contribution < -0.4 is 9.62 Å². The molecule has 3 rings (SSSR count). The van der Waals surface area contributed by atoms with Gasteiger partial charge in [0, 0.05) is 13.1 Å². The molecule has 0 spiro atoms. The van der Waals surface area contributed by atoms with Gasteiger partial charge in [0.25, 0.3) is 10.0 Å². The molecular weight excluding hydrogens is 534 g/mol. The molecule has 0 aliphatic rings. The third-order valence-corrected chi connectivity index (χ3v) is 8.95. The Labute approximate surface area is 245 Å². The number of unbranched alkanes of at least 4 members (excludes halogenated alkanes) is 1. The Bertz CT molecular complexity index is 1420. The Kier molecular flexibility index (Phi) is 11.5. The van der Waals surface area contributed by atoms with Gasteiger partial charge in [-0.3, -0.25) is 13.9 Å². The van der Waals surface area contributed by atoms with Gasteiger partial charge in [-0.15, -0.1) is 0 Å². The monoisotopic (exact) mass is 577 g/mol. The number of hydrogen-bond acceptors (Lipinski definition) is 4. The van der Waals surface area contributed by atoms with Crippen LogP contribution in [0.3, 0.4) is 0 Å². The lowest BCUT2D eigenvalue weighted by atomic mass is 10.1. The minimum atomic E-state index is -4.10. The number of nitrogens with zero attached hydrogens (tertiary/aromatic N) is 2. The molecule has 220 valence electrons. The third-order valence-electron chi connectivity index (χ3n) is 7.18. The molecule has 0 aromatic heterocycles. The number of anilines is 1. The molecule has 1 N–H and O–H groups in total. The topological polar surface area (TPSA) is 86.8 Å². The van der Waals surface area contributed by atoms with Gasteiger partial charge in [0.05, 0.1) is 10.6 Å². The molecular formula is C33H43N3O4S. The largest absolute Gasteiger partial charge is 0.354 e. The molecule has 0 saturated heterocycles. The lowest BCUT2D eigenvalue weighted by Gasteiger charge is -2.33. The van der Waals surface area contributed by atoms with Crippen molar-refractivity contribution in [1.82, 2.24) is 10.2 Å². The molecule has 0 bridgehead atoms. The molecule has 0 fully saturated rings. The summed E-state index contributed by atoms with van der Waals surface area (Å²) in [5.41, 5.74) is 4.12. The van der Waals surface area contributed by atoms with Crippen molar-refractivity contribution >= 4 is 27.5 Å². The van der Waals surface area contributed by atoms with E-state index in [0.29, 0.717) is 25.1 Å². The molecule has 0 heterocycles. The predicted octanol–water partition coefficient (Wildman–Crippen LogP) is 5.78. The summed E-state index contributed by atoms with van der Waals surface area (Å²) in [5.74, 6) is -0.672.